The summed E-state index contributed by atoms with van der Waals surface area (Å²) < 4.78 is 17.7. The van der Waals surface area contributed by atoms with E-state index in [1.54, 1.807) is 0 Å². The Morgan fingerprint density at radius 2 is 1.77 bits per heavy atom. The van der Waals surface area contributed by atoms with E-state index in [0.717, 1.165) is 43.9 Å². The van der Waals surface area contributed by atoms with E-state index >= 15 is 0 Å². The lowest BCUT2D eigenvalue weighted by Crippen LogP contribution is -2.59. The van der Waals surface area contributed by atoms with Crippen LogP contribution in [-0.4, -0.2) is 30.9 Å². The molecule has 0 saturated heterocycles. The van der Waals surface area contributed by atoms with Gasteiger partial charge in [0.25, 0.3) is 0 Å². The van der Waals surface area contributed by atoms with E-state index in [0.29, 0.717) is 5.92 Å². The van der Waals surface area contributed by atoms with Gasteiger partial charge in [-0.25, -0.2) is 0 Å². The van der Waals surface area contributed by atoms with Gasteiger partial charge in [0.2, 0.25) is 0 Å². The molecule has 0 radical (unpaired) electrons. The second kappa shape index (κ2) is 6.27. The Morgan fingerprint density at radius 3 is 2.45 bits per heavy atom. The van der Waals surface area contributed by atoms with Gasteiger partial charge >= 0.3 is 11.9 Å². The lowest BCUT2D eigenvalue weighted by atomic mass is 9.51. The average molecular weight is 431 g/mol. The molecule has 9 atom stereocenters. The van der Waals surface area contributed by atoms with Crippen LogP contribution in [0.25, 0.3) is 0 Å². The van der Waals surface area contributed by atoms with Gasteiger partial charge in [-0.3, -0.25) is 9.59 Å². The average Bonchev–Trinajstić information content (AvgIpc) is 3.31. The summed E-state index contributed by atoms with van der Waals surface area (Å²) in [6.07, 6.45) is 10.1. The zero-order valence-corrected chi connectivity index (χ0v) is 19.6. The summed E-state index contributed by atoms with van der Waals surface area (Å²) in [6, 6.07) is 0. The van der Waals surface area contributed by atoms with E-state index < -0.39 is 0 Å². The highest BCUT2D eigenvalue weighted by atomic mass is 16.7. The third-order valence-electron chi connectivity index (χ3n) is 11.0. The van der Waals surface area contributed by atoms with Gasteiger partial charge in [-0.05, 0) is 93.3 Å². The highest BCUT2D eigenvalue weighted by molar-refractivity contribution is 5.83. The molecule has 9 unspecified atom stereocenters. The summed E-state index contributed by atoms with van der Waals surface area (Å²) in [5, 5.41) is 0. The van der Waals surface area contributed by atoms with Crippen LogP contribution in [0.15, 0.2) is 0 Å². The van der Waals surface area contributed by atoms with Crippen molar-refractivity contribution in [3.8, 4) is 0 Å². The first-order valence-corrected chi connectivity index (χ1v) is 12.6. The summed E-state index contributed by atoms with van der Waals surface area (Å²) in [5.41, 5.74) is -0.193. The van der Waals surface area contributed by atoms with Gasteiger partial charge in [0.1, 0.15) is 6.10 Å². The molecule has 0 amide bonds. The molecule has 0 spiro atoms. The largest absolute Gasteiger partial charge is 0.461 e. The molecule has 6 aliphatic carbocycles. The molecule has 0 N–H and O–H groups in total. The van der Waals surface area contributed by atoms with Crippen molar-refractivity contribution < 1.29 is 23.8 Å². The van der Waals surface area contributed by atoms with Gasteiger partial charge in [0, 0.05) is 5.41 Å². The molecule has 0 aliphatic heterocycles. The number of hydrogen-bond donors (Lipinski definition) is 0. The fourth-order valence-electron chi connectivity index (χ4n) is 8.51. The lowest BCUT2D eigenvalue weighted by molar-refractivity contribution is -0.213. The Labute approximate surface area is 185 Å². The Morgan fingerprint density at radius 1 is 1.00 bits per heavy atom. The zero-order valence-electron chi connectivity index (χ0n) is 19.6. The van der Waals surface area contributed by atoms with Crippen molar-refractivity contribution in [2.24, 2.45) is 45.3 Å². The van der Waals surface area contributed by atoms with Gasteiger partial charge in [-0.15, -0.1) is 0 Å². The molecule has 0 heterocycles. The predicted octanol–water partition coefficient (Wildman–Crippen LogP) is 4.87. The van der Waals surface area contributed by atoms with E-state index in [-0.39, 0.29) is 58.5 Å². The van der Waals surface area contributed by atoms with Crippen molar-refractivity contribution in [1.82, 2.24) is 0 Å². The smallest absolute Gasteiger partial charge is 0.312 e. The lowest BCUT2D eigenvalue weighted by Gasteiger charge is -2.55. The van der Waals surface area contributed by atoms with Crippen LogP contribution < -0.4 is 0 Å². The van der Waals surface area contributed by atoms with E-state index in [1.165, 1.54) is 25.7 Å². The highest BCUT2D eigenvalue weighted by Crippen LogP contribution is 2.91. The SMILES string of the molecule is CC1CC2CCC(OCOC(=O)C3CC45CC(OC(=O)C6(C)CC6(C)C)C34C5)C(C1)C2. The number of hydrogen-bond acceptors (Lipinski definition) is 5. The Bertz CT molecular complexity index is 819. The van der Waals surface area contributed by atoms with Gasteiger partial charge in [-0.2, -0.15) is 0 Å². The number of rotatable bonds is 6. The first-order valence-electron chi connectivity index (χ1n) is 12.6. The van der Waals surface area contributed by atoms with Crippen LogP contribution in [-0.2, 0) is 23.8 Å². The summed E-state index contributed by atoms with van der Waals surface area (Å²) >= 11 is 0. The third kappa shape index (κ3) is 2.71. The summed E-state index contributed by atoms with van der Waals surface area (Å²) in [5.74, 6) is 1.96. The molecule has 0 aromatic rings. The van der Waals surface area contributed by atoms with Crippen molar-refractivity contribution in [2.75, 3.05) is 6.79 Å². The standard InChI is InChI=1S/C26H38O5/c1-15-7-16-5-6-19(17(8-15)9-16)29-14-30-21(27)18-10-25-11-20(26(18,25)13-25)31-22(28)24(4)12-23(24,2)3/h15-20H,5-14H2,1-4H3. The Kier molecular flexibility index (Phi) is 4.15. The van der Waals surface area contributed by atoms with Crippen molar-refractivity contribution in [1.29, 1.82) is 0 Å². The molecular weight excluding hydrogens is 392 g/mol. The van der Waals surface area contributed by atoms with Crippen LogP contribution >= 0.6 is 0 Å². The summed E-state index contributed by atoms with van der Waals surface area (Å²) in [6.45, 7) is 8.69. The van der Waals surface area contributed by atoms with Crippen LogP contribution in [0.4, 0.5) is 0 Å². The van der Waals surface area contributed by atoms with Crippen molar-refractivity contribution in [3.63, 3.8) is 0 Å². The molecule has 0 aromatic carbocycles. The number of ether oxygens (including phenoxy) is 3. The van der Waals surface area contributed by atoms with Crippen LogP contribution in [0.1, 0.15) is 85.5 Å². The second-order valence-corrected chi connectivity index (χ2v) is 13.0. The molecule has 5 nitrogen and oxygen atoms in total. The molecule has 31 heavy (non-hydrogen) atoms. The Balaban J connectivity index is 1.00. The molecule has 172 valence electrons. The number of carbonyl (C=O) groups excluding carboxylic acids is 2. The van der Waals surface area contributed by atoms with Crippen LogP contribution in [0.2, 0.25) is 0 Å². The molecule has 5 heteroatoms. The predicted molar refractivity (Wildman–Crippen MR) is 114 cm³/mol. The van der Waals surface area contributed by atoms with Gasteiger partial charge < -0.3 is 14.2 Å². The summed E-state index contributed by atoms with van der Waals surface area (Å²) in [4.78, 5) is 25.6. The molecule has 6 fully saturated rings. The van der Waals surface area contributed by atoms with Crippen molar-refractivity contribution >= 4 is 11.9 Å². The molecule has 6 aliphatic rings. The van der Waals surface area contributed by atoms with Crippen LogP contribution in [0.3, 0.4) is 0 Å². The minimum atomic E-state index is -0.361. The second-order valence-electron chi connectivity index (χ2n) is 13.0. The fraction of sp³-hybridized carbons (Fsp3) is 0.923. The molecule has 6 rings (SSSR count). The monoisotopic (exact) mass is 430 g/mol. The topological polar surface area (TPSA) is 61.8 Å². The third-order valence-corrected chi connectivity index (χ3v) is 11.0. The van der Waals surface area contributed by atoms with Gasteiger partial charge in [0.15, 0.2) is 6.79 Å². The fourth-order valence-corrected chi connectivity index (χ4v) is 8.51. The van der Waals surface area contributed by atoms with Crippen LogP contribution in [0.5, 0.6) is 0 Å². The molecule has 2 bridgehead atoms. The van der Waals surface area contributed by atoms with E-state index in [1.807, 2.05) is 6.92 Å². The number of fused-ring (bicyclic) bond motifs is 2. The van der Waals surface area contributed by atoms with E-state index in [4.69, 9.17) is 14.2 Å². The normalized spacial score (nSPS) is 52.5. The van der Waals surface area contributed by atoms with Crippen molar-refractivity contribution in [3.05, 3.63) is 0 Å². The summed E-state index contributed by atoms with van der Waals surface area (Å²) in [7, 11) is 0. The number of carbonyl (C=O) groups is 2. The Hall–Kier alpha value is -1.10. The minimum absolute atomic E-state index is 0.0245. The number of esters is 2. The van der Waals surface area contributed by atoms with E-state index in [2.05, 4.69) is 20.8 Å². The van der Waals surface area contributed by atoms with E-state index in [9.17, 15) is 9.59 Å². The van der Waals surface area contributed by atoms with Gasteiger partial charge in [0.05, 0.1) is 17.4 Å². The van der Waals surface area contributed by atoms with Crippen LogP contribution in [0, 0.1) is 45.3 Å². The quantitative estimate of drug-likeness (QED) is 0.445. The first kappa shape index (κ1) is 20.5. The molecule has 6 saturated carbocycles. The zero-order chi connectivity index (χ0) is 21.8. The molecular formula is C26H38O5. The maximum absolute atomic E-state index is 12.9. The van der Waals surface area contributed by atoms with Crippen molar-refractivity contribution in [2.45, 2.75) is 97.7 Å². The minimum Gasteiger partial charge on any atom is -0.461 e. The maximum Gasteiger partial charge on any atom is 0.312 e. The first-order chi connectivity index (χ1) is 14.6. The highest BCUT2D eigenvalue weighted by Gasteiger charge is 2.91. The maximum atomic E-state index is 12.9. The van der Waals surface area contributed by atoms with Gasteiger partial charge in [-0.1, -0.05) is 20.8 Å². The molecule has 0 aromatic heterocycles.